The predicted octanol–water partition coefficient (Wildman–Crippen LogP) is 2.84. The summed E-state index contributed by atoms with van der Waals surface area (Å²) in [5, 5.41) is 0. The van der Waals surface area contributed by atoms with Gasteiger partial charge in [-0.25, -0.2) is 4.79 Å². The summed E-state index contributed by atoms with van der Waals surface area (Å²) in [7, 11) is 0. The van der Waals surface area contributed by atoms with E-state index in [2.05, 4.69) is 6.92 Å². The summed E-state index contributed by atoms with van der Waals surface area (Å²) < 4.78 is 9.70. The molecule has 0 aliphatic heterocycles. The first-order valence-electron chi connectivity index (χ1n) is 6.41. The zero-order valence-electron chi connectivity index (χ0n) is 11.2. The molecule has 1 atom stereocenters. The van der Waals surface area contributed by atoms with E-state index in [0.29, 0.717) is 6.61 Å². The minimum absolute atomic E-state index is 0.413. The van der Waals surface area contributed by atoms with Crippen LogP contribution in [0.5, 0.6) is 0 Å². The molecule has 0 bridgehead atoms. The summed E-state index contributed by atoms with van der Waals surface area (Å²) in [6, 6.07) is 0. The predicted molar refractivity (Wildman–Crippen MR) is 65.6 cm³/mol. The first kappa shape index (κ1) is 15.9. The van der Waals surface area contributed by atoms with Crippen LogP contribution >= 0.6 is 0 Å². The fourth-order valence-electron chi connectivity index (χ4n) is 1.47. The van der Waals surface area contributed by atoms with Crippen molar-refractivity contribution in [1.82, 2.24) is 0 Å². The zero-order chi connectivity index (χ0) is 13.1. The number of carbonyl (C=O) groups is 2. The fourth-order valence-corrected chi connectivity index (χ4v) is 1.47. The van der Waals surface area contributed by atoms with E-state index in [4.69, 9.17) is 9.47 Å². The monoisotopic (exact) mass is 244 g/mol. The van der Waals surface area contributed by atoms with E-state index < -0.39 is 18.0 Å². The van der Waals surface area contributed by atoms with Crippen LogP contribution in [0.15, 0.2) is 0 Å². The molecule has 0 saturated carbocycles. The molecule has 0 aromatic rings. The van der Waals surface area contributed by atoms with E-state index in [-0.39, 0.29) is 0 Å². The van der Waals surface area contributed by atoms with Gasteiger partial charge in [0.1, 0.15) is 0 Å². The normalized spacial score (nSPS) is 11.9. The molecule has 0 fully saturated rings. The smallest absolute Gasteiger partial charge is 0.347 e. The molecular formula is C13H24O4. The quantitative estimate of drug-likeness (QED) is 0.462. The SMILES string of the molecule is CCCCCCCCOC(=O)[C@H](C)OC(C)=O. The summed E-state index contributed by atoms with van der Waals surface area (Å²) in [5.74, 6) is -0.928. The summed E-state index contributed by atoms with van der Waals surface area (Å²) in [6.07, 6.45) is 6.09. The maximum atomic E-state index is 11.3. The van der Waals surface area contributed by atoms with Gasteiger partial charge in [0.15, 0.2) is 6.10 Å². The standard InChI is InChI=1S/C13H24O4/c1-4-5-6-7-8-9-10-16-13(15)11(2)17-12(3)14/h11H,4-10H2,1-3H3/t11-/m0/s1. The first-order chi connectivity index (χ1) is 8.07. The van der Waals surface area contributed by atoms with Gasteiger partial charge in [0.25, 0.3) is 0 Å². The highest BCUT2D eigenvalue weighted by Gasteiger charge is 2.16. The van der Waals surface area contributed by atoms with Crippen molar-refractivity contribution in [3.8, 4) is 0 Å². The highest BCUT2D eigenvalue weighted by Crippen LogP contribution is 2.05. The van der Waals surface area contributed by atoms with E-state index in [9.17, 15) is 9.59 Å². The molecule has 0 saturated heterocycles. The van der Waals surface area contributed by atoms with Gasteiger partial charge in [0.05, 0.1) is 6.61 Å². The van der Waals surface area contributed by atoms with Crippen molar-refractivity contribution in [2.45, 2.75) is 65.4 Å². The van der Waals surface area contributed by atoms with Crippen molar-refractivity contribution in [3.05, 3.63) is 0 Å². The second-order valence-electron chi connectivity index (χ2n) is 4.19. The minimum atomic E-state index is -0.799. The van der Waals surface area contributed by atoms with Gasteiger partial charge in [-0.3, -0.25) is 4.79 Å². The molecule has 0 unspecified atom stereocenters. The molecule has 0 rings (SSSR count). The van der Waals surface area contributed by atoms with Crippen LogP contribution in [0.25, 0.3) is 0 Å². The topological polar surface area (TPSA) is 52.6 Å². The van der Waals surface area contributed by atoms with E-state index in [1.54, 1.807) is 0 Å². The summed E-state index contributed by atoms with van der Waals surface area (Å²) in [6.45, 7) is 5.39. The molecule has 100 valence electrons. The van der Waals surface area contributed by atoms with Gasteiger partial charge in [-0.15, -0.1) is 0 Å². The highest BCUT2D eigenvalue weighted by molar-refractivity contribution is 5.78. The van der Waals surface area contributed by atoms with Crippen LogP contribution in [0.3, 0.4) is 0 Å². The number of rotatable bonds is 9. The van der Waals surface area contributed by atoms with Crippen LogP contribution in [0.4, 0.5) is 0 Å². The Bertz CT molecular complexity index is 225. The van der Waals surface area contributed by atoms with Crippen molar-refractivity contribution in [3.63, 3.8) is 0 Å². The van der Waals surface area contributed by atoms with Crippen molar-refractivity contribution in [2.24, 2.45) is 0 Å². The van der Waals surface area contributed by atoms with Gasteiger partial charge in [-0.1, -0.05) is 39.0 Å². The second kappa shape index (κ2) is 10.1. The number of unbranched alkanes of at least 4 members (excludes halogenated alkanes) is 5. The van der Waals surface area contributed by atoms with Crippen molar-refractivity contribution >= 4 is 11.9 Å². The van der Waals surface area contributed by atoms with E-state index in [0.717, 1.165) is 12.8 Å². The molecule has 0 aromatic heterocycles. The molecule has 0 aromatic carbocycles. The Labute approximate surface area is 104 Å². The van der Waals surface area contributed by atoms with Gasteiger partial charge >= 0.3 is 11.9 Å². The molecule has 0 spiro atoms. The van der Waals surface area contributed by atoms with Crippen molar-refractivity contribution in [2.75, 3.05) is 6.61 Å². The van der Waals surface area contributed by atoms with Gasteiger partial charge < -0.3 is 9.47 Å². The molecule has 0 aliphatic rings. The third-order valence-corrected chi connectivity index (χ3v) is 2.42. The molecule has 17 heavy (non-hydrogen) atoms. The lowest BCUT2D eigenvalue weighted by atomic mass is 10.1. The average Bonchev–Trinajstić information content (AvgIpc) is 2.26. The molecule has 0 heterocycles. The van der Waals surface area contributed by atoms with Gasteiger partial charge in [0, 0.05) is 6.92 Å². The van der Waals surface area contributed by atoms with Crippen LogP contribution < -0.4 is 0 Å². The number of carbonyl (C=O) groups excluding carboxylic acids is 2. The van der Waals surface area contributed by atoms with Crippen LogP contribution in [0, 0.1) is 0 Å². The Hall–Kier alpha value is -1.06. The zero-order valence-corrected chi connectivity index (χ0v) is 11.2. The molecule has 0 amide bonds. The Morgan fingerprint density at radius 1 is 1.06 bits per heavy atom. The number of ether oxygens (including phenoxy) is 2. The molecule has 0 aliphatic carbocycles. The maximum absolute atomic E-state index is 11.3. The van der Waals surface area contributed by atoms with Crippen LogP contribution in [0.1, 0.15) is 59.3 Å². The summed E-state index contributed by atoms with van der Waals surface area (Å²) in [5.41, 5.74) is 0. The number of hydrogen-bond acceptors (Lipinski definition) is 4. The highest BCUT2D eigenvalue weighted by atomic mass is 16.6. The van der Waals surface area contributed by atoms with Crippen LogP contribution in [0.2, 0.25) is 0 Å². The van der Waals surface area contributed by atoms with E-state index in [1.165, 1.54) is 39.5 Å². The fraction of sp³-hybridized carbons (Fsp3) is 0.846. The third-order valence-electron chi connectivity index (χ3n) is 2.42. The first-order valence-corrected chi connectivity index (χ1v) is 6.41. The van der Waals surface area contributed by atoms with Gasteiger partial charge in [-0.05, 0) is 13.3 Å². The maximum Gasteiger partial charge on any atom is 0.347 e. The molecular weight excluding hydrogens is 220 g/mol. The lowest BCUT2D eigenvalue weighted by molar-refractivity contribution is -0.165. The summed E-state index contributed by atoms with van der Waals surface area (Å²) >= 11 is 0. The lowest BCUT2D eigenvalue weighted by Crippen LogP contribution is -2.25. The minimum Gasteiger partial charge on any atom is -0.463 e. The Balaban J connectivity index is 3.41. The number of esters is 2. The van der Waals surface area contributed by atoms with Gasteiger partial charge in [-0.2, -0.15) is 0 Å². The van der Waals surface area contributed by atoms with Crippen molar-refractivity contribution in [1.29, 1.82) is 0 Å². The number of hydrogen-bond donors (Lipinski definition) is 0. The molecule has 0 radical (unpaired) electrons. The Morgan fingerprint density at radius 3 is 2.24 bits per heavy atom. The molecule has 4 nitrogen and oxygen atoms in total. The molecule has 0 N–H and O–H groups in total. The largest absolute Gasteiger partial charge is 0.463 e. The van der Waals surface area contributed by atoms with E-state index >= 15 is 0 Å². The third kappa shape index (κ3) is 9.85. The van der Waals surface area contributed by atoms with Crippen LogP contribution in [-0.4, -0.2) is 24.6 Å². The lowest BCUT2D eigenvalue weighted by Gasteiger charge is -2.11. The second-order valence-corrected chi connectivity index (χ2v) is 4.19. The Kier molecular flexibility index (Phi) is 9.49. The Morgan fingerprint density at radius 2 is 1.65 bits per heavy atom. The molecule has 4 heteroatoms. The average molecular weight is 244 g/mol. The van der Waals surface area contributed by atoms with Gasteiger partial charge in [0.2, 0.25) is 0 Å². The van der Waals surface area contributed by atoms with Crippen molar-refractivity contribution < 1.29 is 19.1 Å². The summed E-state index contributed by atoms with van der Waals surface area (Å²) in [4.78, 5) is 21.9. The van der Waals surface area contributed by atoms with Crippen LogP contribution in [-0.2, 0) is 19.1 Å². The van der Waals surface area contributed by atoms with E-state index in [1.807, 2.05) is 0 Å².